The molecule has 0 unspecified atom stereocenters. The summed E-state index contributed by atoms with van der Waals surface area (Å²) in [5.41, 5.74) is 1.12. The zero-order chi connectivity index (χ0) is 13.8. The summed E-state index contributed by atoms with van der Waals surface area (Å²) in [6.45, 7) is 8.45. The maximum Gasteiger partial charge on any atom is 0.229 e. The van der Waals surface area contributed by atoms with E-state index < -0.39 is 0 Å². The van der Waals surface area contributed by atoms with Gasteiger partial charge >= 0.3 is 0 Å². The van der Waals surface area contributed by atoms with E-state index in [0.29, 0.717) is 0 Å². The maximum absolute atomic E-state index is 12.5. The third-order valence-corrected chi connectivity index (χ3v) is 4.46. The molecule has 2 rings (SSSR count). The molecule has 1 aromatic carbocycles. The first-order valence-corrected chi connectivity index (χ1v) is 7.43. The van der Waals surface area contributed by atoms with Gasteiger partial charge in [-0.2, -0.15) is 0 Å². The van der Waals surface area contributed by atoms with Crippen LogP contribution in [0.2, 0.25) is 0 Å². The highest BCUT2D eigenvalue weighted by molar-refractivity contribution is 5.83. The van der Waals surface area contributed by atoms with E-state index in [9.17, 15) is 4.79 Å². The number of piperidine rings is 1. The van der Waals surface area contributed by atoms with Crippen LogP contribution in [0.3, 0.4) is 0 Å². The van der Waals surface area contributed by atoms with E-state index in [4.69, 9.17) is 0 Å². The number of likely N-dealkylation sites (tertiary alicyclic amines) is 1. The Morgan fingerprint density at radius 1 is 1.11 bits per heavy atom. The first-order valence-electron chi connectivity index (χ1n) is 7.43. The number of carbonyl (C=O) groups is 1. The molecular formula is C17H25NO. The monoisotopic (exact) mass is 259 g/mol. The molecule has 0 aromatic heterocycles. The molecule has 0 bridgehead atoms. The van der Waals surface area contributed by atoms with E-state index in [1.807, 2.05) is 37.3 Å². The Bertz CT molecular complexity index is 405. The van der Waals surface area contributed by atoms with Gasteiger partial charge in [0.1, 0.15) is 0 Å². The highest BCUT2D eigenvalue weighted by Crippen LogP contribution is 2.26. The van der Waals surface area contributed by atoms with E-state index in [2.05, 4.69) is 18.7 Å². The second-order valence-electron chi connectivity index (χ2n) is 6.04. The van der Waals surface area contributed by atoms with Crippen molar-refractivity contribution in [2.24, 2.45) is 11.8 Å². The van der Waals surface area contributed by atoms with Gasteiger partial charge in [-0.05, 0) is 37.2 Å². The molecule has 2 nitrogen and oxygen atoms in total. The van der Waals surface area contributed by atoms with Gasteiger partial charge in [0.05, 0.1) is 5.92 Å². The van der Waals surface area contributed by atoms with E-state index >= 15 is 0 Å². The van der Waals surface area contributed by atoms with Crippen molar-refractivity contribution in [3.63, 3.8) is 0 Å². The lowest BCUT2D eigenvalue weighted by atomic mass is 9.86. The summed E-state index contributed by atoms with van der Waals surface area (Å²) in [4.78, 5) is 14.6. The zero-order valence-electron chi connectivity index (χ0n) is 12.3. The zero-order valence-corrected chi connectivity index (χ0v) is 12.3. The molecular weight excluding hydrogens is 234 g/mol. The molecule has 1 aliphatic rings. The summed E-state index contributed by atoms with van der Waals surface area (Å²) in [6.07, 6.45) is 2.32. The van der Waals surface area contributed by atoms with E-state index in [-0.39, 0.29) is 11.8 Å². The topological polar surface area (TPSA) is 20.3 Å². The highest BCUT2D eigenvalue weighted by Gasteiger charge is 2.27. The van der Waals surface area contributed by atoms with E-state index in [1.165, 1.54) is 0 Å². The number of hydrogen-bond donors (Lipinski definition) is 0. The van der Waals surface area contributed by atoms with Gasteiger partial charge in [0, 0.05) is 13.1 Å². The molecule has 19 heavy (non-hydrogen) atoms. The molecule has 1 atom stereocenters. The summed E-state index contributed by atoms with van der Waals surface area (Å²) in [7, 11) is 0. The summed E-state index contributed by atoms with van der Waals surface area (Å²) in [5.74, 6) is 1.80. The number of amides is 1. The fourth-order valence-corrected chi connectivity index (χ4v) is 2.94. The van der Waals surface area contributed by atoms with Gasteiger partial charge in [0.25, 0.3) is 0 Å². The lowest BCUT2D eigenvalue weighted by molar-refractivity contribution is -0.134. The molecule has 0 spiro atoms. The lowest BCUT2D eigenvalue weighted by Crippen LogP contribution is -2.41. The largest absolute Gasteiger partial charge is 0.342 e. The fourth-order valence-electron chi connectivity index (χ4n) is 2.94. The van der Waals surface area contributed by atoms with Crippen LogP contribution in [0.15, 0.2) is 30.3 Å². The molecule has 104 valence electrons. The molecule has 1 amide bonds. The SMILES string of the molecule is CC(C)C1CCN(C(=O)[C@H](C)c2ccccc2)CC1. The molecule has 1 fully saturated rings. The van der Waals surface area contributed by atoms with Gasteiger partial charge in [0.15, 0.2) is 0 Å². The first kappa shape index (κ1) is 14.1. The molecule has 0 aliphatic carbocycles. The quantitative estimate of drug-likeness (QED) is 0.810. The Morgan fingerprint density at radius 3 is 2.21 bits per heavy atom. The summed E-state index contributed by atoms with van der Waals surface area (Å²) in [6, 6.07) is 10.1. The number of rotatable bonds is 3. The van der Waals surface area contributed by atoms with Crippen LogP contribution in [0.25, 0.3) is 0 Å². The molecule has 2 heteroatoms. The van der Waals surface area contributed by atoms with Crippen molar-refractivity contribution in [2.45, 2.75) is 39.5 Å². The van der Waals surface area contributed by atoms with Crippen LogP contribution in [0.1, 0.15) is 45.1 Å². The molecule has 0 N–H and O–H groups in total. The second kappa shape index (κ2) is 6.23. The third-order valence-electron chi connectivity index (χ3n) is 4.46. The number of hydrogen-bond acceptors (Lipinski definition) is 1. The first-order chi connectivity index (χ1) is 9.09. The number of nitrogens with zero attached hydrogens (tertiary/aromatic N) is 1. The van der Waals surface area contributed by atoms with Gasteiger partial charge in [0.2, 0.25) is 5.91 Å². The standard InChI is InChI=1S/C17H25NO/c1-13(2)15-9-11-18(12-10-15)17(19)14(3)16-7-5-4-6-8-16/h4-8,13-15H,9-12H2,1-3H3/t14-/m1/s1. The van der Waals surface area contributed by atoms with Crippen molar-refractivity contribution < 1.29 is 4.79 Å². The van der Waals surface area contributed by atoms with E-state index in [1.54, 1.807) is 0 Å². The van der Waals surface area contributed by atoms with Gasteiger partial charge in [-0.1, -0.05) is 44.2 Å². The minimum Gasteiger partial charge on any atom is -0.342 e. The van der Waals surface area contributed by atoms with Crippen molar-refractivity contribution in [1.82, 2.24) is 4.90 Å². The van der Waals surface area contributed by atoms with Crippen LogP contribution >= 0.6 is 0 Å². The smallest absolute Gasteiger partial charge is 0.229 e. The normalized spacial score (nSPS) is 18.6. The van der Waals surface area contributed by atoms with Crippen LogP contribution < -0.4 is 0 Å². The average Bonchev–Trinajstić information content (AvgIpc) is 2.46. The number of benzene rings is 1. The van der Waals surface area contributed by atoms with Gasteiger partial charge in [-0.15, -0.1) is 0 Å². The summed E-state index contributed by atoms with van der Waals surface area (Å²) < 4.78 is 0. The molecule has 1 saturated heterocycles. The van der Waals surface area contributed by atoms with Crippen LogP contribution in [0, 0.1) is 11.8 Å². The third kappa shape index (κ3) is 3.37. The summed E-state index contributed by atoms with van der Waals surface area (Å²) >= 11 is 0. The molecule has 0 radical (unpaired) electrons. The minimum atomic E-state index is -0.0169. The minimum absolute atomic E-state index is 0.0169. The Morgan fingerprint density at radius 2 is 1.68 bits per heavy atom. The Balaban J connectivity index is 1.94. The van der Waals surface area contributed by atoms with Gasteiger partial charge < -0.3 is 4.90 Å². The molecule has 0 saturated carbocycles. The van der Waals surface area contributed by atoms with Crippen molar-refractivity contribution in [2.75, 3.05) is 13.1 Å². The van der Waals surface area contributed by atoms with Crippen LogP contribution in [0.4, 0.5) is 0 Å². The highest BCUT2D eigenvalue weighted by atomic mass is 16.2. The second-order valence-corrected chi connectivity index (χ2v) is 6.04. The maximum atomic E-state index is 12.5. The van der Waals surface area contributed by atoms with Crippen molar-refractivity contribution in [3.05, 3.63) is 35.9 Å². The van der Waals surface area contributed by atoms with Crippen molar-refractivity contribution >= 4 is 5.91 Å². The molecule has 1 aromatic rings. The molecule has 1 heterocycles. The van der Waals surface area contributed by atoms with Crippen LogP contribution in [-0.4, -0.2) is 23.9 Å². The van der Waals surface area contributed by atoms with Crippen molar-refractivity contribution in [1.29, 1.82) is 0 Å². The Labute approximate surface area is 116 Å². The Hall–Kier alpha value is -1.31. The predicted octanol–water partition coefficient (Wildman–Crippen LogP) is 3.68. The average molecular weight is 259 g/mol. The van der Waals surface area contributed by atoms with Crippen LogP contribution in [0.5, 0.6) is 0 Å². The number of carbonyl (C=O) groups excluding carboxylic acids is 1. The van der Waals surface area contributed by atoms with Crippen molar-refractivity contribution in [3.8, 4) is 0 Å². The fraction of sp³-hybridized carbons (Fsp3) is 0.588. The van der Waals surface area contributed by atoms with Crippen LogP contribution in [-0.2, 0) is 4.79 Å². The van der Waals surface area contributed by atoms with Gasteiger partial charge in [-0.25, -0.2) is 0 Å². The van der Waals surface area contributed by atoms with Gasteiger partial charge in [-0.3, -0.25) is 4.79 Å². The lowest BCUT2D eigenvalue weighted by Gasteiger charge is -2.35. The predicted molar refractivity (Wildman–Crippen MR) is 79.0 cm³/mol. The Kier molecular flexibility index (Phi) is 4.62. The molecule has 1 aliphatic heterocycles. The summed E-state index contributed by atoms with van der Waals surface area (Å²) in [5, 5.41) is 0. The van der Waals surface area contributed by atoms with E-state index in [0.717, 1.165) is 43.3 Å².